The van der Waals surface area contributed by atoms with Crippen LogP contribution in [0, 0.1) is 19.7 Å². The SMILES string of the molecule is Cc1cc(C)n(-c2ncnc(NNC(=O)c3ccccc3F)c2N)n1. The number of anilines is 2. The van der Waals surface area contributed by atoms with Crippen molar-refractivity contribution in [3.8, 4) is 5.82 Å². The number of carbonyl (C=O) groups is 1. The minimum absolute atomic E-state index is 0.0959. The molecule has 1 amide bonds. The maximum absolute atomic E-state index is 13.6. The summed E-state index contributed by atoms with van der Waals surface area (Å²) in [5.74, 6) is -0.713. The van der Waals surface area contributed by atoms with Gasteiger partial charge in [-0.3, -0.25) is 15.6 Å². The second-order valence-corrected chi connectivity index (χ2v) is 5.36. The average molecular weight is 341 g/mol. The molecule has 2 heterocycles. The van der Waals surface area contributed by atoms with E-state index in [4.69, 9.17) is 5.73 Å². The van der Waals surface area contributed by atoms with Crippen molar-refractivity contribution < 1.29 is 9.18 Å². The molecule has 0 aliphatic heterocycles. The Bertz CT molecular complexity index is 938. The molecule has 0 radical (unpaired) electrons. The normalized spacial score (nSPS) is 10.5. The van der Waals surface area contributed by atoms with E-state index in [0.29, 0.717) is 5.82 Å². The van der Waals surface area contributed by atoms with Crippen LogP contribution in [0.5, 0.6) is 0 Å². The molecule has 1 aromatic carbocycles. The van der Waals surface area contributed by atoms with Crippen LogP contribution >= 0.6 is 0 Å². The number of nitrogens with one attached hydrogen (secondary N) is 2. The van der Waals surface area contributed by atoms with E-state index < -0.39 is 11.7 Å². The number of halogens is 1. The molecule has 0 saturated heterocycles. The maximum atomic E-state index is 13.6. The number of rotatable bonds is 4. The molecule has 0 spiro atoms. The van der Waals surface area contributed by atoms with E-state index in [2.05, 4.69) is 25.9 Å². The fourth-order valence-corrected chi connectivity index (χ4v) is 2.33. The lowest BCUT2D eigenvalue weighted by molar-refractivity contribution is 0.0958. The summed E-state index contributed by atoms with van der Waals surface area (Å²) in [7, 11) is 0. The highest BCUT2D eigenvalue weighted by Gasteiger charge is 2.15. The first kappa shape index (κ1) is 16.4. The third kappa shape index (κ3) is 3.25. The van der Waals surface area contributed by atoms with Crippen LogP contribution in [0.1, 0.15) is 21.7 Å². The molecule has 0 atom stereocenters. The highest BCUT2D eigenvalue weighted by Crippen LogP contribution is 2.22. The monoisotopic (exact) mass is 341 g/mol. The topological polar surface area (TPSA) is 111 Å². The van der Waals surface area contributed by atoms with Gasteiger partial charge in [0.05, 0.1) is 11.3 Å². The molecule has 8 nitrogen and oxygen atoms in total. The number of hydrazine groups is 1. The molecule has 0 saturated carbocycles. The Morgan fingerprint density at radius 1 is 1.24 bits per heavy atom. The van der Waals surface area contributed by atoms with Gasteiger partial charge in [0.2, 0.25) is 0 Å². The molecule has 25 heavy (non-hydrogen) atoms. The van der Waals surface area contributed by atoms with Crippen molar-refractivity contribution in [1.82, 2.24) is 25.2 Å². The first-order valence-electron chi connectivity index (χ1n) is 7.42. The van der Waals surface area contributed by atoms with E-state index in [1.165, 1.54) is 24.5 Å². The minimum atomic E-state index is -0.649. The van der Waals surface area contributed by atoms with Crippen molar-refractivity contribution in [1.29, 1.82) is 0 Å². The predicted octanol–water partition coefficient (Wildman–Crippen LogP) is 1.76. The van der Waals surface area contributed by atoms with Gasteiger partial charge < -0.3 is 5.73 Å². The summed E-state index contributed by atoms with van der Waals surface area (Å²) in [5, 5.41) is 4.32. The predicted molar refractivity (Wildman–Crippen MR) is 90.5 cm³/mol. The van der Waals surface area contributed by atoms with Gasteiger partial charge in [0, 0.05) is 5.69 Å². The fourth-order valence-electron chi connectivity index (χ4n) is 2.33. The van der Waals surface area contributed by atoms with Crippen molar-refractivity contribution in [2.75, 3.05) is 11.2 Å². The number of hydrogen-bond donors (Lipinski definition) is 3. The van der Waals surface area contributed by atoms with Gasteiger partial charge in [0.15, 0.2) is 11.6 Å². The van der Waals surface area contributed by atoms with Crippen molar-refractivity contribution in [2.24, 2.45) is 0 Å². The molecule has 9 heteroatoms. The lowest BCUT2D eigenvalue weighted by Crippen LogP contribution is -2.31. The Hall–Kier alpha value is -3.49. The van der Waals surface area contributed by atoms with E-state index in [-0.39, 0.29) is 17.1 Å². The standard InChI is InChI=1S/C16H16FN7O/c1-9-7-10(2)24(23-9)15-13(18)14(19-8-20-15)21-22-16(25)11-5-3-4-6-12(11)17/h3-8H,18H2,1-2H3,(H,22,25)(H,19,20,21). The Morgan fingerprint density at radius 3 is 2.68 bits per heavy atom. The summed E-state index contributed by atoms with van der Waals surface area (Å²) >= 11 is 0. The van der Waals surface area contributed by atoms with Crippen molar-refractivity contribution in [3.63, 3.8) is 0 Å². The van der Waals surface area contributed by atoms with Gasteiger partial charge in [-0.1, -0.05) is 12.1 Å². The Morgan fingerprint density at radius 2 is 2.00 bits per heavy atom. The number of nitrogen functional groups attached to an aromatic ring is 1. The zero-order valence-electron chi connectivity index (χ0n) is 13.6. The first-order valence-corrected chi connectivity index (χ1v) is 7.42. The minimum Gasteiger partial charge on any atom is -0.393 e. The second-order valence-electron chi connectivity index (χ2n) is 5.36. The van der Waals surface area contributed by atoms with Gasteiger partial charge in [0.25, 0.3) is 5.91 Å². The molecule has 0 aliphatic carbocycles. The van der Waals surface area contributed by atoms with Crippen molar-refractivity contribution >= 4 is 17.4 Å². The Balaban J connectivity index is 1.82. The molecule has 3 aromatic rings. The third-order valence-corrected chi connectivity index (χ3v) is 3.49. The van der Waals surface area contributed by atoms with Crippen LogP contribution < -0.4 is 16.6 Å². The Kier molecular flexibility index (Phi) is 4.29. The van der Waals surface area contributed by atoms with Crippen LogP contribution in [0.2, 0.25) is 0 Å². The lowest BCUT2D eigenvalue weighted by atomic mass is 10.2. The summed E-state index contributed by atoms with van der Waals surface area (Å²) in [6, 6.07) is 7.53. The van der Waals surface area contributed by atoms with Gasteiger partial charge in [-0.25, -0.2) is 19.0 Å². The second kappa shape index (κ2) is 6.56. The van der Waals surface area contributed by atoms with Crippen LogP contribution in [-0.4, -0.2) is 25.7 Å². The smallest absolute Gasteiger partial charge is 0.272 e. The number of aryl methyl sites for hydroxylation is 2. The van der Waals surface area contributed by atoms with Crippen LogP contribution in [0.3, 0.4) is 0 Å². The van der Waals surface area contributed by atoms with E-state index >= 15 is 0 Å². The summed E-state index contributed by atoms with van der Waals surface area (Å²) in [4.78, 5) is 20.2. The number of nitrogens with two attached hydrogens (primary N) is 1. The summed E-state index contributed by atoms with van der Waals surface area (Å²) in [6.45, 7) is 3.73. The quantitative estimate of drug-likeness (QED) is 0.624. The molecule has 0 bridgehead atoms. The molecule has 0 fully saturated rings. The van der Waals surface area contributed by atoms with Crippen LogP contribution in [-0.2, 0) is 0 Å². The fraction of sp³-hybridized carbons (Fsp3) is 0.125. The number of amides is 1. The van der Waals surface area contributed by atoms with Crippen LogP contribution in [0.25, 0.3) is 5.82 Å². The van der Waals surface area contributed by atoms with Gasteiger partial charge in [-0.15, -0.1) is 0 Å². The molecule has 128 valence electrons. The highest BCUT2D eigenvalue weighted by molar-refractivity contribution is 5.95. The molecule has 4 N–H and O–H groups in total. The maximum Gasteiger partial charge on any atom is 0.272 e. The lowest BCUT2D eigenvalue weighted by Gasteiger charge is -2.13. The van der Waals surface area contributed by atoms with E-state index in [1.807, 2.05) is 19.9 Å². The number of hydrogen-bond acceptors (Lipinski definition) is 6. The molecule has 2 aromatic heterocycles. The van der Waals surface area contributed by atoms with Gasteiger partial charge >= 0.3 is 0 Å². The highest BCUT2D eigenvalue weighted by atomic mass is 19.1. The molecular formula is C16H16FN7O. The first-order chi connectivity index (χ1) is 12.0. The van der Waals surface area contributed by atoms with E-state index in [0.717, 1.165) is 11.4 Å². The van der Waals surface area contributed by atoms with Crippen LogP contribution in [0.15, 0.2) is 36.7 Å². The van der Waals surface area contributed by atoms with E-state index in [1.54, 1.807) is 10.7 Å². The molecule has 3 rings (SSSR count). The number of aromatic nitrogens is 4. The number of carbonyl (C=O) groups excluding carboxylic acids is 1. The molecule has 0 aliphatic rings. The van der Waals surface area contributed by atoms with Gasteiger partial charge in [0.1, 0.15) is 17.8 Å². The average Bonchev–Trinajstić information content (AvgIpc) is 2.92. The number of nitrogens with zero attached hydrogens (tertiary/aromatic N) is 4. The molecule has 0 unspecified atom stereocenters. The van der Waals surface area contributed by atoms with Crippen molar-refractivity contribution in [3.05, 3.63) is 59.4 Å². The third-order valence-electron chi connectivity index (χ3n) is 3.49. The van der Waals surface area contributed by atoms with Gasteiger partial charge in [-0.2, -0.15) is 5.10 Å². The van der Waals surface area contributed by atoms with Crippen LogP contribution in [0.4, 0.5) is 15.9 Å². The summed E-state index contributed by atoms with van der Waals surface area (Å²) in [6.07, 6.45) is 1.29. The zero-order valence-corrected chi connectivity index (χ0v) is 13.6. The van der Waals surface area contributed by atoms with E-state index in [9.17, 15) is 9.18 Å². The van der Waals surface area contributed by atoms with Gasteiger partial charge in [-0.05, 0) is 32.0 Å². The zero-order chi connectivity index (χ0) is 18.0. The summed E-state index contributed by atoms with van der Waals surface area (Å²) in [5.41, 5.74) is 12.8. The largest absolute Gasteiger partial charge is 0.393 e. The van der Waals surface area contributed by atoms with Crippen molar-refractivity contribution in [2.45, 2.75) is 13.8 Å². The number of benzene rings is 1. The Labute approximate surface area is 142 Å². The molecular weight excluding hydrogens is 325 g/mol. The summed E-state index contributed by atoms with van der Waals surface area (Å²) < 4.78 is 15.2.